The van der Waals surface area contributed by atoms with E-state index in [9.17, 15) is 23.1 Å². The van der Waals surface area contributed by atoms with E-state index in [2.05, 4.69) is 20.8 Å². The van der Waals surface area contributed by atoms with Gasteiger partial charge in [0.25, 0.3) is 0 Å². The number of fused-ring (bicyclic) bond motifs is 5. The smallest absolute Gasteiger partial charge is 0.381 e. The van der Waals surface area contributed by atoms with Crippen molar-refractivity contribution < 1.29 is 23.1 Å². The molecule has 4 fully saturated rings. The standard InChI is InChI=1S/C27H43F3O2/c1-17(11-15-26(4,32)27(28,29)30)21-9-10-22-20-8-7-18-16-19(31)6-5-13-24(18,2)23(20)12-14-25(21,22)3/h17-18,20-23,32H,5-16H2,1-4H3/t17-,18+,20+,21-,22+,23+,24+,25-,26?/m1/s1. The summed E-state index contributed by atoms with van der Waals surface area (Å²) in [6, 6.07) is 0. The maximum atomic E-state index is 13.1. The predicted molar refractivity (Wildman–Crippen MR) is 120 cm³/mol. The Labute approximate surface area is 192 Å². The van der Waals surface area contributed by atoms with Crippen LogP contribution in [0.25, 0.3) is 0 Å². The molecule has 4 aliphatic rings. The maximum absolute atomic E-state index is 13.1. The molecule has 0 aromatic heterocycles. The Morgan fingerprint density at radius 2 is 1.72 bits per heavy atom. The average Bonchev–Trinajstić information content (AvgIpc) is 2.96. The second-order valence-corrected chi connectivity index (χ2v) is 12.8. The summed E-state index contributed by atoms with van der Waals surface area (Å²) in [4.78, 5) is 12.3. The van der Waals surface area contributed by atoms with E-state index < -0.39 is 11.8 Å². The van der Waals surface area contributed by atoms with Crippen LogP contribution in [0.4, 0.5) is 13.2 Å². The van der Waals surface area contributed by atoms with E-state index in [1.165, 1.54) is 38.5 Å². The summed E-state index contributed by atoms with van der Waals surface area (Å²) in [5.74, 6) is 3.71. The summed E-state index contributed by atoms with van der Waals surface area (Å²) in [5.41, 5.74) is -2.11. The first kappa shape index (κ1) is 24.5. The molecule has 0 aromatic carbocycles. The fourth-order valence-corrected chi connectivity index (χ4v) is 9.13. The first-order chi connectivity index (χ1) is 14.8. The lowest BCUT2D eigenvalue weighted by Crippen LogP contribution is -2.52. The molecule has 0 spiro atoms. The molecular formula is C27H43F3O2. The molecular weight excluding hydrogens is 413 g/mol. The number of hydrogen-bond donors (Lipinski definition) is 1. The SMILES string of the molecule is C[C@H](CCC(C)(O)C(F)(F)F)[C@H]1CC[C@H]2[C@@H]3CC[C@H]4CC(=O)CCC[C@]4(C)[C@H]3CC[C@]12C. The molecule has 0 amide bonds. The van der Waals surface area contributed by atoms with E-state index in [4.69, 9.17) is 0 Å². The highest BCUT2D eigenvalue weighted by molar-refractivity contribution is 5.79. The van der Waals surface area contributed by atoms with Gasteiger partial charge in [0.1, 0.15) is 5.78 Å². The van der Waals surface area contributed by atoms with Gasteiger partial charge in [0.05, 0.1) is 0 Å². The number of ketones is 1. The number of aliphatic hydroxyl groups is 1. The van der Waals surface area contributed by atoms with Crippen LogP contribution in [0.3, 0.4) is 0 Å². The Morgan fingerprint density at radius 1 is 1.03 bits per heavy atom. The lowest BCUT2D eigenvalue weighted by molar-refractivity contribution is -0.256. The fourth-order valence-electron chi connectivity index (χ4n) is 9.13. The van der Waals surface area contributed by atoms with Gasteiger partial charge in [0.15, 0.2) is 5.60 Å². The third-order valence-corrected chi connectivity index (χ3v) is 11.2. The zero-order valence-electron chi connectivity index (χ0n) is 20.4. The number of carbonyl (C=O) groups excluding carboxylic acids is 1. The van der Waals surface area contributed by atoms with Crippen molar-refractivity contribution in [3.05, 3.63) is 0 Å². The van der Waals surface area contributed by atoms with Crippen LogP contribution in [0, 0.1) is 46.3 Å². The number of hydrogen-bond acceptors (Lipinski definition) is 2. The topological polar surface area (TPSA) is 37.3 Å². The van der Waals surface area contributed by atoms with Crippen molar-refractivity contribution in [1.29, 1.82) is 0 Å². The largest absolute Gasteiger partial charge is 0.416 e. The lowest BCUT2D eigenvalue weighted by Gasteiger charge is -2.59. The Morgan fingerprint density at radius 3 is 2.41 bits per heavy atom. The number of Topliss-reactive ketones (excluding diaryl/α,β-unsaturated/α-hetero) is 1. The van der Waals surface area contributed by atoms with Crippen LogP contribution in [-0.4, -0.2) is 22.7 Å². The maximum Gasteiger partial charge on any atom is 0.416 e. The van der Waals surface area contributed by atoms with E-state index in [1.807, 2.05) is 0 Å². The summed E-state index contributed by atoms with van der Waals surface area (Å²) < 4.78 is 39.4. The molecule has 0 bridgehead atoms. The summed E-state index contributed by atoms with van der Waals surface area (Å²) in [6.07, 6.45) is 6.48. The zero-order chi connectivity index (χ0) is 23.5. The van der Waals surface area contributed by atoms with Gasteiger partial charge in [-0.05, 0) is 117 Å². The van der Waals surface area contributed by atoms with Gasteiger partial charge in [-0.3, -0.25) is 4.79 Å². The summed E-state index contributed by atoms with van der Waals surface area (Å²) >= 11 is 0. The fraction of sp³-hybridized carbons (Fsp3) is 0.963. The molecule has 4 saturated carbocycles. The Balaban J connectivity index is 1.47. The quantitative estimate of drug-likeness (QED) is 0.481. The first-order valence-corrected chi connectivity index (χ1v) is 13.1. The molecule has 2 nitrogen and oxygen atoms in total. The van der Waals surface area contributed by atoms with Gasteiger partial charge in [-0.15, -0.1) is 0 Å². The number of halogens is 3. The molecule has 5 heteroatoms. The van der Waals surface area contributed by atoms with E-state index >= 15 is 0 Å². The third kappa shape index (κ3) is 3.96. The summed E-state index contributed by atoms with van der Waals surface area (Å²) in [7, 11) is 0. The predicted octanol–water partition coefficient (Wildman–Crippen LogP) is 7.33. The van der Waals surface area contributed by atoms with Crippen molar-refractivity contribution in [1.82, 2.24) is 0 Å². The molecule has 1 unspecified atom stereocenters. The highest BCUT2D eigenvalue weighted by Gasteiger charge is 2.60. The summed E-state index contributed by atoms with van der Waals surface area (Å²) in [6.45, 7) is 7.94. The second-order valence-electron chi connectivity index (χ2n) is 12.8. The van der Waals surface area contributed by atoms with Crippen molar-refractivity contribution in [2.45, 2.75) is 117 Å². The monoisotopic (exact) mass is 456 g/mol. The van der Waals surface area contributed by atoms with Crippen LogP contribution in [0.5, 0.6) is 0 Å². The molecule has 0 aromatic rings. The van der Waals surface area contributed by atoms with Crippen molar-refractivity contribution in [3.63, 3.8) is 0 Å². The van der Waals surface area contributed by atoms with E-state index in [1.54, 1.807) is 0 Å². The number of alkyl halides is 3. The van der Waals surface area contributed by atoms with Gasteiger partial charge in [0.2, 0.25) is 0 Å². The molecule has 0 radical (unpaired) electrons. The van der Waals surface area contributed by atoms with Crippen LogP contribution in [0.1, 0.15) is 105 Å². The Kier molecular flexibility index (Phi) is 6.34. The van der Waals surface area contributed by atoms with E-state index in [0.717, 1.165) is 32.6 Å². The van der Waals surface area contributed by atoms with Gasteiger partial charge < -0.3 is 5.11 Å². The second kappa shape index (κ2) is 8.27. The molecule has 0 saturated heterocycles. The molecule has 4 rings (SSSR count). The van der Waals surface area contributed by atoms with Crippen LogP contribution in [0.2, 0.25) is 0 Å². The van der Waals surface area contributed by atoms with Crippen molar-refractivity contribution in [3.8, 4) is 0 Å². The zero-order valence-corrected chi connectivity index (χ0v) is 20.4. The molecule has 0 heterocycles. The molecule has 184 valence electrons. The highest BCUT2D eigenvalue weighted by Crippen LogP contribution is 2.68. The average molecular weight is 457 g/mol. The van der Waals surface area contributed by atoms with Gasteiger partial charge in [-0.25, -0.2) is 0 Å². The molecule has 9 atom stereocenters. The highest BCUT2D eigenvalue weighted by atomic mass is 19.4. The van der Waals surface area contributed by atoms with Crippen LogP contribution in [-0.2, 0) is 4.79 Å². The minimum atomic E-state index is -4.57. The molecule has 32 heavy (non-hydrogen) atoms. The molecule has 0 aliphatic heterocycles. The normalized spacial score (nSPS) is 45.2. The summed E-state index contributed by atoms with van der Waals surface area (Å²) in [5, 5.41) is 9.92. The van der Waals surface area contributed by atoms with Crippen LogP contribution >= 0.6 is 0 Å². The van der Waals surface area contributed by atoms with Crippen molar-refractivity contribution in [2.75, 3.05) is 0 Å². The lowest BCUT2D eigenvalue weighted by atomic mass is 9.46. The number of rotatable bonds is 4. The third-order valence-electron chi connectivity index (χ3n) is 11.2. The van der Waals surface area contributed by atoms with Crippen molar-refractivity contribution >= 4 is 5.78 Å². The van der Waals surface area contributed by atoms with Crippen LogP contribution < -0.4 is 0 Å². The minimum Gasteiger partial charge on any atom is -0.381 e. The van der Waals surface area contributed by atoms with E-state index in [0.29, 0.717) is 41.8 Å². The minimum absolute atomic E-state index is 0.192. The first-order valence-electron chi connectivity index (χ1n) is 13.1. The van der Waals surface area contributed by atoms with E-state index in [-0.39, 0.29) is 23.2 Å². The van der Waals surface area contributed by atoms with Gasteiger partial charge in [-0.1, -0.05) is 20.8 Å². The van der Waals surface area contributed by atoms with Gasteiger partial charge >= 0.3 is 6.18 Å². The molecule has 4 aliphatic carbocycles. The van der Waals surface area contributed by atoms with Gasteiger partial charge in [-0.2, -0.15) is 13.2 Å². The van der Waals surface area contributed by atoms with Crippen LogP contribution in [0.15, 0.2) is 0 Å². The van der Waals surface area contributed by atoms with Crippen molar-refractivity contribution in [2.24, 2.45) is 46.3 Å². The van der Waals surface area contributed by atoms with Gasteiger partial charge in [0, 0.05) is 12.8 Å². The Hall–Kier alpha value is -0.580. The Bertz CT molecular complexity index is 716. The molecule has 1 N–H and O–H groups in total. The number of carbonyl (C=O) groups is 1.